The van der Waals surface area contributed by atoms with E-state index in [4.69, 9.17) is 0 Å². The Morgan fingerprint density at radius 2 is 2.00 bits per heavy atom. The number of hydrogen-bond acceptors (Lipinski definition) is 0. The molecule has 9 heavy (non-hydrogen) atoms. The molecule has 0 saturated heterocycles. The van der Waals surface area contributed by atoms with Gasteiger partial charge in [-0.2, -0.15) is 0 Å². The Morgan fingerprint density at radius 1 is 1.44 bits per heavy atom. The molecule has 2 heteroatoms. The highest BCUT2D eigenvalue weighted by Gasteiger charge is 1.86. The van der Waals surface area contributed by atoms with Crippen LogP contribution in [0.25, 0.3) is 0 Å². The summed E-state index contributed by atoms with van der Waals surface area (Å²) in [6.45, 7) is 4.51. The van der Waals surface area contributed by atoms with Crippen molar-refractivity contribution in [2.45, 2.75) is 6.92 Å². The smallest absolute Gasteiger partial charge is 0.125 e. The number of rotatable bonds is 2. The van der Waals surface area contributed by atoms with E-state index in [0.29, 0.717) is 0 Å². The largest absolute Gasteiger partial charge is 0.208 e. The summed E-state index contributed by atoms with van der Waals surface area (Å²) in [5.41, 5.74) is 0. The summed E-state index contributed by atoms with van der Waals surface area (Å²) >= 11 is 0. The molecule has 0 rings (SSSR count). The number of halogens is 2. The summed E-state index contributed by atoms with van der Waals surface area (Å²) in [7, 11) is 0. The van der Waals surface area contributed by atoms with E-state index >= 15 is 0 Å². The summed E-state index contributed by atoms with van der Waals surface area (Å²) in [6, 6.07) is 0. The molecular weight excluding hydrogens is 122 g/mol. The molecule has 0 aromatic carbocycles. The number of hydrogen-bond donors (Lipinski definition) is 0. The second kappa shape index (κ2) is 4.01. The molecule has 0 bridgehead atoms. The van der Waals surface area contributed by atoms with Gasteiger partial charge in [-0.3, -0.25) is 0 Å². The second-order valence-electron chi connectivity index (χ2n) is 1.48. The van der Waals surface area contributed by atoms with Gasteiger partial charge in [-0.25, -0.2) is 8.78 Å². The van der Waals surface area contributed by atoms with Crippen LogP contribution in [0.15, 0.2) is 36.5 Å². The van der Waals surface area contributed by atoms with Crippen LogP contribution >= 0.6 is 0 Å². The van der Waals surface area contributed by atoms with Crippen LogP contribution in [-0.4, -0.2) is 0 Å². The average molecular weight is 130 g/mol. The van der Waals surface area contributed by atoms with Crippen molar-refractivity contribution in [2.24, 2.45) is 0 Å². The maximum absolute atomic E-state index is 12.1. The first-order valence-electron chi connectivity index (χ1n) is 2.51. The molecule has 0 aliphatic rings. The van der Waals surface area contributed by atoms with Crippen LogP contribution in [0, 0.1) is 0 Å². The highest BCUT2D eigenvalue weighted by Crippen LogP contribution is 2.03. The fraction of sp³-hybridized carbons (Fsp3) is 0.143. The van der Waals surface area contributed by atoms with Crippen molar-refractivity contribution in [1.29, 1.82) is 0 Å². The van der Waals surface area contributed by atoms with E-state index in [2.05, 4.69) is 6.58 Å². The van der Waals surface area contributed by atoms with Crippen molar-refractivity contribution in [2.75, 3.05) is 0 Å². The lowest BCUT2D eigenvalue weighted by Crippen LogP contribution is -1.64. The molecule has 0 aliphatic carbocycles. The Kier molecular flexibility index (Phi) is 3.60. The van der Waals surface area contributed by atoms with Gasteiger partial charge in [-0.1, -0.05) is 12.7 Å². The highest BCUT2D eigenvalue weighted by atomic mass is 19.1. The monoisotopic (exact) mass is 130 g/mol. The van der Waals surface area contributed by atoms with Gasteiger partial charge < -0.3 is 0 Å². The lowest BCUT2D eigenvalue weighted by molar-refractivity contribution is 0.633. The van der Waals surface area contributed by atoms with Crippen molar-refractivity contribution in [3.8, 4) is 0 Å². The van der Waals surface area contributed by atoms with E-state index in [-0.39, 0.29) is 0 Å². The first kappa shape index (κ1) is 8.08. The van der Waals surface area contributed by atoms with Gasteiger partial charge in [0.1, 0.15) is 11.7 Å². The summed E-state index contributed by atoms with van der Waals surface area (Å²) in [5, 5.41) is 0. The minimum Gasteiger partial charge on any atom is -0.208 e. The third kappa shape index (κ3) is 4.94. The maximum atomic E-state index is 12.1. The van der Waals surface area contributed by atoms with Gasteiger partial charge in [0.2, 0.25) is 0 Å². The molecule has 0 aliphatic heterocycles. The van der Waals surface area contributed by atoms with E-state index in [0.717, 1.165) is 12.2 Å². The van der Waals surface area contributed by atoms with Crippen LogP contribution in [0.3, 0.4) is 0 Å². The molecule has 50 valence electrons. The molecule has 0 aromatic heterocycles. The topological polar surface area (TPSA) is 0 Å². The molecule has 0 heterocycles. The van der Waals surface area contributed by atoms with E-state index in [1.54, 1.807) is 6.92 Å². The normalized spacial score (nSPS) is 12.6. The van der Waals surface area contributed by atoms with Crippen LogP contribution in [0.1, 0.15) is 6.92 Å². The standard InChI is InChI=1S/C7H8F2/c1-3-4-7(9)5-6(2)8/h3-5H,2H2,1H3/b4-3-,7-5+. The van der Waals surface area contributed by atoms with Gasteiger partial charge in [0.05, 0.1) is 0 Å². The Hall–Kier alpha value is -0.920. The molecule has 0 atom stereocenters. The molecule has 0 spiro atoms. The first-order chi connectivity index (χ1) is 4.16. The van der Waals surface area contributed by atoms with Gasteiger partial charge in [-0.05, 0) is 13.0 Å². The highest BCUT2D eigenvalue weighted by molar-refractivity contribution is 5.19. The lowest BCUT2D eigenvalue weighted by atomic mass is 10.4. The van der Waals surface area contributed by atoms with Crippen molar-refractivity contribution < 1.29 is 8.78 Å². The fourth-order valence-corrected chi connectivity index (χ4v) is 0.357. The zero-order chi connectivity index (χ0) is 7.28. The molecule has 0 unspecified atom stereocenters. The summed E-state index contributed by atoms with van der Waals surface area (Å²) < 4.78 is 23.9. The van der Waals surface area contributed by atoms with E-state index < -0.39 is 11.7 Å². The quantitative estimate of drug-likeness (QED) is 0.504. The Balaban J connectivity index is 4.00. The van der Waals surface area contributed by atoms with Crippen LogP contribution in [0.4, 0.5) is 8.78 Å². The van der Waals surface area contributed by atoms with Crippen LogP contribution in [0.2, 0.25) is 0 Å². The van der Waals surface area contributed by atoms with Crippen LogP contribution in [0.5, 0.6) is 0 Å². The Labute approximate surface area is 53.2 Å². The summed E-state index contributed by atoms with van der Waals surface area (Å²) in [6.07, 6.45) is 3.36. The minimum atomic E-state index is -0.773. The number of allylic oxidation sites excluding steroid dienone is 5. The summed E-state index contributed by atoms with van der Waals surface area (Å²) in [5.74, 6) is -1.39. The zero-order valence-corrected chi connectivity index (χ0v) is 5.20. The molecule has 0 radical (unpaired) electrons. The molecular formula is C7H8F2. The minimum absolute atomic E-state index is 0.620. The second-order valence-corrected chi connectivity index (χ2v) is 1.48. The Morgan fingerprint density at radius 3 is 2.33 bits per heavy atom. The predicted molar refractivity (Wildman–Crippen MR) is 34.3 cm³/mol. The van der Waals surface area contributed by atoms with Gasteiger partial charge in [-0.15, -0.1) is 0 Å². The van der Waals surface area contributed by atoms with Crippen LogP contribution in [-0.2, 0) is 0 Å². The van der Waals surface area contributed by atoms with Crippen LogP contribution < -0.4 is 0 Å². The molecule has 0 amide bonds. The van der Waals surface area contributed by atoms with Crippen molar-refractivity contribution in [3.05, 3.63) is 36.5 Å². The van der Waals surface area contributed by atoms with Gasteiger partial charge in [0.25, 0.3) is 0 Å². The third-order valence-electron chi connectivity index (χ3n) is 0.620. The van der Waals surface area contributed by atoms with E-state index in [1.807, 2.05) is 0 Å². The average Bonchev–Trinajstić information content (AvgIpc) is 1.63. The van der Waals surface area contributed by atoms with E-state index in [1.165, 1.54) is 6.08 Å². The molecule has 0 N–H and O–H groups in total. The zero-order valence-electron chi connectivity index (χ0n) is 5.20. The van der Waals surface area contributed by atoms with Crippen molar-refractivity contribution in [3.63, 3.8) is 0 Å². The molecule has 0 aromatic rings. The molecule has 0 saturated carbocycles. The summed E-state index contributed by atoms with van der Waals surface area (Å²) in [4.78, 5) is 0. The SMILES string of the molecule is C=C(F)/C=C(F)\C=C/C. The maximum Gasteiger partial charge on any atom is 0.125 e. The lowest BCUT2D eigenvalue weighted by Gasteiger charge is -1.82. The van der Waals surface area contributed by atoms with Crippen molar-refractivity contribution in [1.82, 2.24) is 0 Å². The molecule has 0 nitrogen and oxygen atoms in total. The first-order valence-corrected chi connectivity index (χ1v) is 2.51. The molecule has 0 fully saturated rings. The van der Waals surface area contributed by atoms with E-state index in [9.17, 15) is 8.78 Å². The van der Waals surface area contributed by atoms with Crippen molar-refractivity contribution >= 4 is 0 Å². The Bertz CT molecular complexity index is 154. The third-order valence-corrected chi connectivity index (χ3v) is 0.620. The fourth-order valence-electron chi connectivity index (χ4n) is 0.357. The van der Waals surface area contributed by atoms with Gasteiger partial charge in [0.15, 0.2) is 0 Å². The van der Waals surface area contributed by atoms with Gasteiger partial charge >= 0.3 is 0 Å². The van der Waals surface area contributed by atoms with Gasteiger partial charge in [0, 0.05) is 6.08 Å². The predicted octanol–water partition coefficient (Wildman–Crippen LogP) is 2.90.